The Kier molecular flexibility index (Phi) is 5.30. The maximum absolute atomic E-state index is 12.4. The van der Waals surface area contributed by atoms with Crippen molar-refractivity contribution in [3.63, 3.8) is 0 Å². The summed E-state index contributed by atoms with van der Waals surface area (Å²) >= 11 is 0. The highest BCUT2D eigenvalue weighted by Crippen LogP contribution is 2.28. The van der Waals surface area contributed by atoms with Crippen LogP contribution in [-0.4, -0.2) is 46.9 Å². The topological polar surface area (TPSA) is 47.4 Å². The number of fused-ring (bicyclic) bond motifs is 1. The highest BCUT2D eigenvalue weighted by atomic mass is 16.5. The first-order valence-electron chi connectivity index (χ1n) is 8.66. The Labute approximate surface area is 143 Å². The molecule has 3 rings (SSSR count). The van der Waals surface area contributed by atoms with Crippen LogP contribution in [0, 0.1) is 0 Å². The van der Waals surface area contributed by atoms with Crippen molar-refractivity contribution in [2.45, 2.75) is 26.2 Å². The summed E-state index contributed by atoms with van der Waals surface area (Å²) in [5, 5.41) is 4.73. The second kappa shape index (κ2) is 7.62. The number of amides is 1. The first kappa shape index (κ1) is 16.7. The predicted octanol–water partition coefficient (Wildman–Crippen LogP) is 2.44. The van der Waals surface area contributed by atoms with Crippen LogP contribution in [0.5, 0.6) is 0 Å². The molecule has 2 heterocycles. The normalized spacial score (nSPS) is 14.3. The number of carbonyl (C=O) groups is 1. The quantitative estimate of drug-likeness (QED) is 0.793. The molecule has 0 saturated heterocycles. The zero-order valence-electron chi connectivity index (χ0n) is 14.5. The molecule has 24 heavy (non-hydrogen) atoms. The molecule has 1 aliphatic heterocycles. The number of hydrogen-bond donors (Lipinski definition) is 0. The van der Waals surface area contributed by atoms with Crippen molar-refractivity contribution >= 4 is 5.91 Å². The first-order valence-corrected chi connectivity index (χ1v) is 8.66. The van der Waals surface area contributed by atoms with Gasteiger partial charge in [0.05, 0.1) is 18.7 Å². The minimum atomic E-state index is 0.186. The van der Waals surface area contributed by atoms with E-state index in [1.165, 1.54) is 11.3 Å². The largest absolute Gasteiger partial charge is 0.381 e. The third-order valence-electron chi connectivity index (χ3n) is 4.59. The Morgan fingerprint density at radius 2 is 1.96 bits per heavy atom. The number of nitrogens with zero attached hydrogens (tertiary/aromatic N) is 3. The van der Waals surface area contributed by atoms with Crippen molar-refractivity contribution in [2.75, 3.05) is 26.3 Å². The molecule has 5 nitrogen and oxygen atoms in total. The summed E-state index contributed by atoms with van der Waals surface area (Å²) in [4.78, 5) is 14.3. The van der Waals surface area contributed by atoms with Gasteiger partial charge in [-0.2, -0.15) is 5.10 Å². The summed E-state index contributed by atoms with van der Waals surface area (Å²) in [7, 11) is 2.00. The molecule has 0 bridgehead atoms. The zero-order valence-corrected chi connectivity index (χ0v) is 14.5. The van der Waals surface area contributed by atoms with Crippen LogP contribution in [0.3, 0.4) is 0 Å². The van der Waals surface area contributed by atoms with E-state index in [1.807, 2.05) is 41.8 Å². The second-order valence-corrected chi connectivity index (χ2v) is 6.09. The van der Waals surface area contributed by atoms with E-state index >= 15 is 0 Å². The maximum atomic E-state index is 12.4. The van der Waals surface area contributed by atoms with E-state index < -0.39 is 0 Å². The molecule has 0 unspecified atom stereocenters. The lowest BCUT2D eigenvalue weighted by Gasteiger charge is -2.20. The summed E-state index contributed by atoms with van der Waals surface area (Å²) < 4.78 is 7.29. The number of ether oxygens (including phenoxy) is 1. The lowest BCUT2D eigenvalue weighted by molar-refractivity contribution is -0.132. The van der Waals surface area contributed by atoms with Crippen molar-refractivity contribution in [3.05, 3.63) is 41.6 Å². The molecule has 0 radical (unpaired) electrons. The molecule has 0 N–H and O–H groups in total. The molecular formula is C19H25N3O2. The molecule has 128 valence electrons. The average Bonchev–Trinajstić information content (AvgIpc) is 2.78. The van der Waals surface area contributed by atoms with Gasteiger partial charge >= 0.3 is 0 Å². The standard InChI is InChI=1S/C19H25N3O2/c1-3-24-14-11-18(23)22-12-9-16-17(10-13-22)21(2)20-19(16)15-7-5-4-6-8-15/h4-8H,3,9-14H2,1-2H3. The number of carbonyl (C=O) groups excluding carboxylic acids is 1. The van der Waals surface area contributed by atoms with Crippen LogP contribution >= 0.6 is 0 Å². The summed E-state index contributed by atoms with van der Waals surface area (Å²) in [5.41, 5.74) is 4.72. The van der Waals surface area contributed by atoms with Crippen LogP contribution < -0.4 is 0 Å². The SMILES string of the molecule is CCOCCC(=O)N1CCc2c(-c3ccccc3)nn(C)c2CC1. The Hall–Kier alpha value is -2.14. The molecule has 5 heteroatoms. The lowest BCUT2D eigenvalue weighted by atomic mass is 10.0. The van der Waals surface area contributed by atoms with Crippen LogP contribution in [0.2, 0.25) is 0 Å². The second-order valence-electron chi connectivity index (χ2n) is 6.09. The molecule has 0 fully saturated rings. The van der Waals surface area contributed by atoms with E-state index in [9.17, 15) is 4.79 Å². The number of aryl methyl sites for hydroxylation is 1. The van der Waals surface area contributed by atoms with E-state index in [0.717, 1.165) is 37.2 Å². The summed E-state index contributed by atoms with van der Waals surface area (Å²) in [6, 6.07) is 10.3. The van der Waals surface area contributed by atoms with Crippen molar-refractivity contribution in [2.24, 2.45) is 7.05 Å². The Balaban J connectivity index is 1.75. The van der Waals surface area contributed by atoms with Crippen molar-refractivity contribution in [1.29, 1.82) is 0 Å². The number of rotatable bonds is 5. The van der Waals surface area contributed by atoms with Gasteiger partial charge in [0.2, 0.25) is 5.91 Å². The smallest absolute Gasteiger partial charge is 0.224 e. The number of benzene rings is 1. The lowest BCUT2D eigenvalue weighted by Crippen LogP contribution is -2.34. The van der Waals surface area contributed by atoms with Crippen molar-refractivity contribution in [1.82, 2.24) is 14.7 Å². The van der Waals surface area contributed by atoms with Crippen molar-refractivity contribution < 1.29 is 9.53 Å². The van der Waals surface area contributed by atoms with Gasteiger partial charge in [-0.05, 0) is 13.3 Å². The minimum absolute atomic E-state index is 0.186. The average molecular weight is 327 g/mol. The molecule has 0 saturated carbocycles. The third-order valence-corrected chi connectivity index (χ3v) is 4.59. The molecule has 2 aromatic rings. The van der Waals surface area contributed by atoms with E-state index in [0.29, 0.717) is 19.6 Å². The number of hydrogen-bond acceptors (Lipinski definition) is 3. The van der Waals surface area contributed by atoms with Crippen LogP contribution in [0.25, 0.3) is 11.3 Å². The third kappa shape index (κ3) is 3.51. The molecule has 0 spiro atoms. The van der Waals surface area contributed by atoms with Crippen LogP contribution in [0.4, 0.5) is 0 Å². The molecule has 0 aliphatic carbocycles. The maximum Gasteiger partial charge on any atom is 0.224 e. The van der Waals surface area contributed by atoms with Crippen LogP contribution in [0.1, 0.15) is 24.6 Å². The molecule has 1 aromatic heterocycles. The first-order chi connectivity index (χ1) is 11.7. The fourth-order valence-electron chi connectivity index (χ4n) is 3.32. The monoisotopic (exact) mass is 327 g/mol. The summed E-state index contributed by atoms with van der Waals surface area (Å²) in [6.07, 6.45) is 2.17. The van der Waals surface area contributed by atoms with E-state index in [1.54, 1.807) is 0 Å². The van der Waals surface area contributed by atoms with Gasteiger partial charge in [0.15, 0.2) is 0 Å². The van der Waals surface area contributed by atoms with Gasteiger partial charge in [-0.15, -0.1) is 0 Å². The van der Waals surface area contributed by atoms with E-state index in [2.05, 4.69) is 12.1 Å². The molecule has 1 aromatic carbocycles. The summed E-state index contributed by atoms with van der Waals surface area (Å²) in [5.74, 6) is 0.186. The van der Waals surface area contributed by atoms with Gasteiger partial charge in [-0.25, -0.2) is 0 Å². The van der Waals surface area contributed by atoms with E-state index in [4.69, 9.17) is 9.84 Å². The van der Waals surface area contributed by atoms with Crippen molar-refractivity contribution in [3.8, 4) is 11.3 Å². The molecule has 1 amide bonds. The predicted molar refractivity (Wildman–Crippen MR) is 93.7 cm³/mol. The van der Waals surface area contributed by atoms with Gasteiger partial charge in [0.25, 0.3) is 0 Å². The Morgan fingerprint density at radius 3 is 2.71 bits per heavy atom. The fraction of sp³-hybridized carbons (Fsp3) is 0.474. The van der Waals surface area contributed by atoms with E-state index in [-0.39, 0.29) is 5.91 Å². The fourth-order valence-corrected chi connectivity index (χ4v) is 3.32. The van der Waals surface area contributed by atoms with Crippen LogP contribution in [-0.2, 0) is 29.4 Å². The number of aromatic nitrogens is 2. The highest BCUT2D eigenvalue weighted by molar-refractivity contribution is 5.76. The van der Waals surface area contributed by atoms with Crippen LogP contribution in [0.15, 0.2) is 30.3 Å². The van der Waals surface area contributed by atoms with Gasteiger partial charge in [0.1, 0.15) is 0 Å². The van der Waals surface area contributed by atoms with Gasteiger partial charge in [0, 0.05) is 50.0 Å². The van der Waals surface area contributed by atoms with Gasteiger partial charge < -0.3 is 9.64 Å². The molecular weight excluding hydrogens is 302 g/mol. The van der Waals surface area contributed by atoms with Gasteiger partial charge in [-0.3, -0.25) is 9.48 Å². The summed E-state index contributed by atoms with van der Waals surface area (Å²) in [6.45, 7) is 4.63. The zero-order chi connectivity index (χ0) is 16.9. The molecule has 0 atom stereocenters. The molecule has 1 aliphatic rings. The van der Waals surface area contributed by atoms with Gasteiger partial charge in [-0.1, -0.05) is 30.3 Å². The Morgan fingerprint density at radius 1 is 1.21 bits per heavy atom. The highest BCUT2D eigenvalue weighted by Gasteiger charge is 2.24. The Bertz CT molecular complexity index is 694. The minimum Gasteiger partial charge on any atom is -0.381 e.